The third-order valence-electron chi connectivity index (χ3n) is 8.12. The van der Waals surface area contributed by atoms with Crippen molar-refractivity contribution in [3.05, 3.63) is 0 Å². The van der Waals surface area contributed by atoms with Gasteiger partial charge in [-0.2, -0.15) is 0 Å². The van der Waals surface area contributed by atoms with E-state index in [-0.39, 0.29) is 41.2 Å². The minimum Gasteiger partial charge on any atom is -0.480 e. The van der Waals surface area contributed by atoms with Crippen LogP contribution in [0.1, 0.15) is 46.5 Å². The Hall–Kier alpha value is -1.18. The van der Waals surface area contributed by atoms with Crippen molar-refractivity contribution >= 4 is 11.9 Å². The number of aliphatic carboxylic acids is 1. The van der Waals surface area contributed by atoms with Crippen molar-refractivity contribution in [1.29, 1.82) is 0 Å². The van der Waals surface area contributed by atoms with Crippen molar-refractivity contribution in [3.63, 3.8) is 0 Å². The molecule has 5 unspecified atom stereocenters. The van der Waals surface area contributed by atoms with E-state index in [1.54, 1.807) is 0 Å². The highest BCUT2D eigenvalue weighted by atomic mass is 17.2. The standard InChI is InChI=1S/C18H25NO6/c1-9-4-5-18-10(2)13(22)19(8-11(20)21)14-12(18)17(9)7-6-16(3,23-14)25-24-15(17)18/h9-10,12,14-15H,4-8H2,1-3H3,(H,20,21)/t9-,10+,12?,14?,15?,16+,17?,18?/m1/s1. The molecule has 6 aliphatic rings. The number of rotatable bonds is 2. The highest BCUT2D eigenvalue weighted by Crippen LogP contribution is 2.79. The van der Waals surface area contributed by atoms with E-state index in [0.29, 0.717) is 12.3 Å². The molecule has 2 spiro atoms. The van der Waals surface area contributed by atoms with Gasteiger partial charge in [-0.05, 0) is 32.1 Å². The summed E-state index contributed by atoms with van der Waals surface area (Å²) in [6, 6.07) is 0. The molecule has 0 aromatic heterocycles. The molecule has 6 fully saturated rings. The normalized spacial score (nSPS) is 56.0. The van der Waals surface area contributed by atoms with E-state index in [1.807, 2.05) is 13.8 Å². The Labute approximate surface area is 146 Å². The summed E-state index contributed by atoms with van der Waals surface area (Å²) >= 11 is 0. The number of ether oxygens (including phenoxy) is 1. The second-order valence-electron chi connectivity index (χ2n) is 8.93. The number of fused-ring (bicyclic) bond motifs is 4. The lowest BCUT2D eigenvalue weighted by molar-refractivity contribution is -0.533. The van der Waals surface area contributed by atoms with E-state index < -0.39 is 18.0 Å². The molecule has 6 rings (SSSR count). The predicted octanol–water partition coefficient (Wildman–Crippen LogP) is 1.76. The summed E-state index contributed by atoms with van der Waals surface area (Å²) in [5.41, 5.74) is -0.391. The molecule has 0 radical (unpaired) electrons. The molecule has 3 bridgehead atoms. The zero-order valence-corrected chi connectivity index (χ0v) is 14.9. The molecule has 1 N–H and O–H groups in total. The Morgan fingerprint density at radius 1 is 1.28 bits per heavy atom. The van der Waals surface area contributed by atoms with Crippen LogP contribution in [-0.4, -0.2) is 46.5 Å². The summed E-state index contributed by atoms with van der Waals surface area (Å²) in [5, 5.41) is 9.35. The molecule has 138 valence electrons. The van der Waals surface area contributed by atoms with Gasteiger partial charge in [-0.1, -0.05) is 13.8 Å². The molecule has 1 amide bonds. The Morgan fingerprint density at radius 2 is 2.04 bits per heavy atom. The van der Waals surface area contributed by atoms with Gasteiger partial charge in [0.2, 0.25) is 11.7 Å². The van der Waals surface area contributed by atoms with Gasteiger partial charge < -0.3 is 14.7 Å². The largest absolute Gasteiger partial charge is 0.480 e. The number of carboxylic acid groups (broad SMARTS) is 1. The fourth-order valence-electron chi connectivity index (χ4n) is 6.97. The van der Waals surface area contributed by atoms with Gasteiger partial charge in [-0.25, -0.2) is 9.78 Å². The summed E-state index contributed by atoms with van der Waals surface area (Å²) in [6.07, 6.45) is 2.94. The molecule has 0 aromatic rings. The second-order valence-corrected chi connectivity index (χ2v) is 8.93. The molecule has 3 heterocycles. The third-order valence-corrected chi connectivity index (χ3v) is 8.12. The van der Waals surface area contributed by atoms with Crippen LogP contribution < -0.4 is 0 Å². The highest BCUT2D eigenvalue weighted by molar-refractivity contribution is 5.85. The molecule has 0 aromatic carbocycles. The number of amides is 1. The van der Waals surface area contributed by atoms with E-state index in [9.17, 15) is 14.7 Å². The summed E-state index contributed by atoms with van der Waals surface area (Å²) in [5.74, 6) is -1.81. The van der Waals surface area contributed by atoms with Crippen molar-refractivity contribution in [2.45, 2.75) is 64.6 Å². The maximum absolute atomic E-state index is 13.1. The smallest absolute Gasteiger partial charge is 0.323 e. The van der Waals surface area contributed by atoms with Crippen LogP contribution in [0.2, 0.25) is 0 Å². The van der Waals surface area contributed by atoms with Gasteiger partial charge in [-0.3, -0.25) is 9.59 Å². The van der Waals surface area contributed by atoms with E-state index in [1.165, 1.54) is 4.90 Å². The molecule has 3 aliphatic carbocycles. The topological polar surface area (TPSA) is 85.3 Å². The number of hydrogen-bond donors (Lipinski definition) is 1. The summed E-state index contributed by atoms with van der Waals surface area (Å²) < 4.78 is 6.29. The van der Waals surface area contributed by atoms with Crippen molar-refractivity contribution in [2.75, 3.05) is 6.54 Å². The first-order chi connectivity index (χ1) is 11.8. The van der Waals surface area contributed by atoms with Crippen LogP contribution in [0.4, 0.5) is 0 Å². The van der Waals surface area contributed by atoms with E-state index >= 15 is 0 Å². The minimum atomic E-state index is -1.01. The quantitative estimate of drug-likeness (QED) is 0.763. The third kappa shape index (κ3) is 1.59. The Morgan fingerprint density at radius 3 is 2.76 bits per heavy atom. The maximum atomic E-state index is 13.1. The lowest BCUT2D eigenvalue weighted by atomic mass is 9.30. The molecule has 3 aliphatic heterocycles. The van der Waals surface area contributed by atoms with Gasteiger partial charge in [0.1, 0.15) is 18.9 Å². The molecular formula is C18H25NO6. The van der Waals surface area contributed by atoms with Crippen molar-refractivity contribution in [3.8, 4) is 0 Å². The first kappa shape index (κ1) is 16.0. The number of carbonyl (C=O) groups is 2. The number of nitrogens with zero attached hydrogens (tertiary/aromatic N) is 1. The Balaban J connectivity index is 1.70. The molecule has 7 nitrogen and oxygen atoms in total. The fraction of sp³-hybridized carbons (Fsp3) is 0.889. The van der Waals surface area contributed by atoms with Gasteiger partial charge in [0.15, 0.2) is 0 Å². The van der Waals surface area contributed by atoms with E-state index in [0.717, 1.165) is 19.3 Å². The van der Waals surface area contributed by atoms with Crippen LogP contribution in [-0.2, 0) is 24.1 Å². The second kappa shape index (κ2) is 4.56. The number of carbonyl (C=O) groups excluding carboxylic acids is 1. The van der Waals surface area contributed by atoms with E-state index in [2.05, 4.69) is 6.92 Å². The fourth-order valence-corrected chi connectivity index (χ4v) is 6.97. The van der Waals surface area contributed by atoms with Crippen molar-refractivity contribution in [1.82, 2.24) is 4.90 Å². The van der Waals surface area contributed by atoms with Crippen LogP contribution in [0.15, 0.2) is 0 Å². The lowest BCUT2D eigenvalue weighted by Gasteiger charge is -2.77. The molecular weight excluding hydrogens is 326 g/mol. The maximum Gasteiger partial charge on any atom is 0.323 e. The Kier molecular flexibility index (Phi) is 2.92. The predicted molar refractivity (Wildman–Crippen MR) is 83.7 cm³/mol. The number of likely N-dealkylation sites (tertiary alicyclic amines) is 1. The van der Waals surface area contributed by atoms with Crippen LogP contribution in [0.5, 0.6) is 0 Å². The molecule has 8 atom stereocenters. The van der Waals surface area contributed by atoms with Gasteiger partial charge in [0.25, 0.3) is 0 Å². The molecule has 25 heavy (non-hydrogen) atoms. The van der Waals surface area contributed by atoms with Gasteiger partial charge in [0.05, 0.1) is 0 Å². The molecule has 3 saturated carbocycles. The van der Waals surface area contributed by atoms with Gasteiger partial charge in [-0.15, -0.1) is 0 Å². The molecule has 3 saturated heterocycles. The monoisotopic (exact) mass is 351 g/mol. The zero-order valence-electron chi connectivity index (χ0n) is 14.9. The zero-order chi connectivity index (χ0) is 17.8. The number of hydrogen-bond acceptors (Lipinski definition) is 5. The van der Waals surface area contributed by atoms with Gasteiger partial charge in [0, 0.05) is 29.1 Å². The van der Waals surface area contributed by atoms with Crippen LogP contribution in [0.25, 0.3) is 0 Å². The van der Waals surface area contributed by atoms with Crippen LogP contribution >= 0.6 is 0 Å². The van der Waals surface area contributed by atoms with Crippen LogP contribution in [0.3, 0.4) is 0 Å². The SMILES string of the molecule is C[C@@H]1CCC23C4OO[C@@]5(C)CCC41C2C(O5)N(CC(=O)O)C(=O)[C@@H]3C. The average Bonchev–Trinajstić information content (AvgIpc) is 2.74. The minimum absolute atomic E-state index is 0.0944. The lowest BCUT2D eigenvalue weighted by Crippen LogP contribution is -2.84. The van der Waals surface area contributed by atoms with Gasteiger partial charge >= 0.3 is 5.97 Å². The number of piperidine rings is 1. The average molecular weight is 351 g/mol. The first-order valence-electron chi connectivity index (χ1n) is 9.31. The molecule has 7 heteroatoms. The first-order valence-corrected chi connectivity index (χ1v) is 9.31. The summed E-state index contributed by atoms with van der Waals surface area (Å²) in [6.45, 7) is 5.69. The number of carboxylic acids is 1. The van der Waals surface area contributed by atoms with Crippen LogP contribution in [0, 0.1) is 28.6 Å². The van der Waals surface area contributed by atoms with E-state index in [4.69, 9.17) is 14.5 Å². The summed E-state index contributed by atoms with van der Waals surface area (Å²) in [4.78, 5) is 37.7. The summed E-state index contributed by atoms with van der Waals surface area (Å²) in [7, 11) is 0. The Bertz CT molecular complexity index is 668. The highest BCUT2D eigenvalue weighted by Gasteiger charge is 2.84. The van der Waals surface area contributed by atoms with Crippen molar-refractivity contribution in [2.24, 2.45) is 28.6 Å². The van der Waals surface area contributed by atoms with Crippen molar-refractivity contribution < 1.29 is 29.2 Å².